The summed E-state index contributed by atoms with van der Waals surface area (Å²) in [5.41, 5.74) is 0. The van der Waals surface area contributed by atoms with Crippen molar-refractivity contribution in [2.75, 3.05) is 19.0 Å². The van der Waals surface area contributed by atoms with Gasteiger partial charge >= 0.3 is 11.9 Å². The first kappa shape index (κ1) is 53.9. The van der Waals surface area contributed by atoms with E-state index in [0.717, 1.165) is 51.4 Å². The summed E-state index contributed by atoms with van der Waals surface area (Å²) in [4.78, 5) is 25.4. The predicted molar refractivity (Wildman–Crippen MR) is 229 cm³/mol. The Bertz CT molecular complexity index is 1220. The largest absolute Gasteiger partial charge is 0.462 e. The summed E-state index contributed by atoms with van der Waals surface area (Å²) >= 11 is 0. The Labute approximate surface area is 351 Å². The third kappa shape index (κ3) is 30.0. The molecule has 0 spiro atoms. The summed E-state index contributed by atoms with van der Waals surface area (Å²) < 4.78 is 54.0. The highest BCUT2D eigenvalue weighted by atomic mass is 32.2. The standard InChI is InChI=1S/C45H80O12S/c1-3-5-7-9-11-13-15-17-19-21-23-25-27-29-31-33-40(46)54-35-38(36-55-45-44(50)43(49)42(48)39(57-45)37-58(51,52)53)56-41(47)34-32-30-28-26-24-22-20-18-16-14-12-10-8-6-4-2/h18,20-21,23-24,26,38-39,42-45,48-50H,3-17,19,22,25,27-37H2,1-2H3,(H,51,52,53)/b20-18+,23-21+,26-24+/t38-,39-,42-,43?,44?,45+/m1/s1. The predicted octanol–water partition coefficient (Wildman–Crippen LogP) is 9.00. The quantitative estimate of drug-likeness (QED) is 0.0202. The number of unbranched alkanes of at least 4 members (excludes halogenated alkanes) is 19. The van der Waals surface area contributed by atoms with Gasteiger partial charge in [-0.15, -0.1) is 0 Å². The molecular weight excluding hydrogens is 765 g/mol. The van der Waals surface area contributed by atoms with E-state index in [1.165, 1.54) is 89.9 Å². The van der Waals surface area contributed by atoms with Crippen molar-refractivity contribution < 1.29 is 56.8 Å². The molecule has 6 atom stereocenters. The van der Waals surface area contributed by atoms with Gasteiger partial charge in [-0.1, -0.05) is 134 Å². The van der Waals surface area contributed by atoms with E-state index in [9.17, 15) is 37.9 Å². The van der Waals surface area contributed by atoms with Crippen LogP contribution in [0.5, 0.6) is 0 Å². The Kier molecular flexibility index (Phi) is 33.1. The number of aliphatic hydroxyl groups is 3. The van der Waals surface area contributed by atoms with Crippen molar-refractivity contribution >= 4 is 22.1 Å². The van der Waals surface area contributed by atoms with E-state index in [1.807, 2.05) is 0 Å². The van der Waals surface area contributed by atoms with Crippen LogP contribution in [0.15, 0.2) is 36.5 Å². The second-order valence-electron chi connectivity index (χ2n) is 15.7. The maximum absolute atomic E-state index is 12.8. The van der Waals surface area contributed by atoms with E-state index in [0.29, 0.717) is 12.8 Å². The fraction of sp³-hybridized carbons (Fsp3) is 0.822. The van der Waals surface area contributed by atoms with Crippen LogP contribution in [0.4, 0.5) is 0 Å². The molecule has 13 heteroatoms. The summed E-state index contributed by atoms with van der Waals surface area (Å²) in [7, 11) is -4.61. The molecule has 12 nitrogen and oxygen atoms in total. The molecule has 1 heterocycles. The van der Waals surface area contributed by atoms with Gasteiger partial charge in [0, 0.05) is 12.8 Å². The molecule has 1 aliphatic heterocycles. The molecule has 1 fully saturated rings. The van der Waals surface area contributed by atoms with Crippen molar-refractivity contribution in [2.45, 2.75) is 218 Å². The number of allylic oxidation sites excluding steroid dienone is 6. The number of carbonyl (C=O) groups excluding carboxylic acids is 2. The average molecular weight is 845 g/mol. The lowest BCUT2D eigenvalue weighted by molar-refractivity contribution is -0.297. The minimum absolute atomic E-state index is 0.119. The van der Waals surface area contributed by atoms with Gasteiger partial charge < -0.3 is 34.3 Å². The fourth-order valence-corrected chi connectivity index (χ4v) is 7.33. The number of hydrogen-bond donors (Lipinski definition) is 4. The lowest BCUT2D eigenvalue weighted by atomic mass is 10.00. The van der Waals surface area contributed by atoms with Crippen LogP contribution in [0.25, 0.3) is 0 Å². The van der Waals surface area contributed by atoms with Crippen LogP contribution in [0.3, 0.4) is 0 Å². The molecule has 4 N–H and O–H groups in total. The van der Waals surface area contributed by atoms with Gasteiger partial charge in [-0.25, -0.2) is 0 Å². The smallest absolute Gasteiger partial charge is 0.306 e. The van der Waals surface area contributed by atoms with Crippen molar-refractivity contribution in [2.24, 2.45) is 0 Å². The number of hydrogen-bond acceptors (Lipinski definition) is 11. The second kappa shape index (κ2) is 35.6. The van der Waals surface area contributed by atoms with Gasteiger partial charge in [-0.3, -0.25) is 14.1 Å². The molecule has 0 aliphatic carbocycles. The number of ether oxygens (including phenoxy) is 4. The first-order chi connectivity index (χ1) is 28.0. The second-order valence-corrected chi connectivity index (χ2v) is 17.2. The van der Waals surface area contributed by atoms with Gasteiger partial charge in [0.15, 0.2) is 12.4 Å². The molecule has 0 aromatic heterocycles. The molecule has 0 saturated carbocycles. The van der Waals surface area contributed by atoms with Crippen LogP contribution in [-0.2, 0) is 38.7 Å². The van der Waals surface area contributed by atoms with Gasteiger partial charge in [0.2, 0.25) is 0 Å². The minimum Gasteiger partial charge on any atom is -0.462 e. The lowest BCUT2D eigenvalue weighted by Gasteiger charge is -2.40. The monoisotopic (exact) mass is 845 g/mol. The Morgan fingerprint density at radius 2 is 1.03 bits per heavy atom. The Balaban J connectivity index is 2.49. The van der Waals surface area contributed by atoms with E-state index >= 15 is 0 Å². The molecule has 0 aromatic carbocycles. The van der Waals surface area contributed by atoms with E-state index in [4.69, 9.17) is 18.9 Å². The molecule has 338 valence electrons. The summed E-state index contributed by atoms with van der Waals surface area (Å²) in [6.07, 6.45) is 30.5. The minimum atomic E-state index is -4.61. The molecule has 1 saturated heterocycles. The van der Waals surface area contributed by atoms with Crippen LogP contribution in [0, 0.1) is 0 Å². The zero-order chi connectivity index (χ0) is 42.7. The van der Waals surface area contributed by atoms with Crippen LogP contribution >= 0.6 is 0 Å². The van der Waals surface area contributed by atoms with Crippen molar-refractivity contribution in [3.8, 4) is 0 Å². The van der Waals surface area contributed by atoms with E-state index in [2.05, 4.69) is 50.3 Å². The van der Waals surface area contributed by atoms with Gasteiger partial charge in [-0.05, 0) is 70.6 Å². The van der Waals surface area contributed by atoms with E-state index < -0.39 is 71.2 Å². The highest BCUT2D eigenvalue weighted by molar-refractivity contribution is 7.85. The number of esters is 2. The zero-order valence-corrected chi connectivity index (χ0v) is 36.7. The Morgan fingerprint density at radius 3 is 1.57 bits per heavy atom. The highest BCUT2D eigenvalue weighted by Gasteiger charge is 2.46. The first-order valence-electron chi connectivity index (χ1n) is 22.5. The van der Waals surface area contributed by atoms with Gasteiger partial charge in [0.1, 0.15) is 36.8 Å². The molecular formula is C45H80O12S. The van der Waals surface area contributed by atoms with Crippen molar-refractivity contribution in [3.63, 3.8) is 0 Å². The van der Waals surface area contributed by atoms with Crippen LogP contribution < -0.4 is 0 Å². The molecule has 1 rings (SSSR count). The van der Waals surface area contributed by atoms with Crippen molar-refractivity contribution in [1.29, 1.82) is 0 Å². The molecule has 58 heavy (non-hydrogen) atoms. The zero-order valence-electron chi connectivity index (χ0n) is 35.9. The van der Waals surface area contributed by atoms with E-state index in [1.54, 1.807) is 0 Å². The van der Waals surface area contributed by atoms with Crippen molar-refractivity contribution in [3.05, 3.63) is 36.5 Å². The molecule has 0 bridgehead atoms. The maximum Gasteiger partial charge on any atom is 0.306 e. The summed E-state index contributed by atoms with van der Waals surface area (Å²) in [6, 6.07) is 0. The topological polar surface area (TPSA) is 186 Å². The highest BCUT2D eigenvalue weighted by Crippen LogP contribution is 2.24. The Morgan fingerprint density at radius 1 is 0.586 bits per heavy atom. The summed E-state index contributed by atoms with van der Waals surface area (Å²) in [5, 5.41) is 30.8. The lowest BCUT2D eigenvalue weighted by Crippen LogP contribution is -2.60. The Hall–Kier alpha value is -2.13. The summed E-state index contributed by atoms with van der Waals surface area (Å²) in [5.74, 6) is -2.04. The third-order valence-electron chi connectivity index (χ3n) is 10.2. The van der Waals surface area contributed by atoms with Crippen LogP contribution in [0.1, 0.15) is 181 Å². The normalized spacial score (nSPS) is 20.7. The number of carbonyl (C=O) groups is 2. The maximum atomic E-state index is 12.8. The molecule has 0 aromatic rings. The number of aliphatic hydroxyl groups excluding tert-OH is 3. The average Bonchev–Trinajstić information content (AvgIpc) is 3.18. The van der Waals surface area contributed by atoms with Gasteiger partial charge in [0.05, 0.1) is 6.61 Å². The molecule has 2 unspecified atom stereocenters. The van der Waals surface area contributed by atoms with Crippen LogP contribution in [0.2, 0.25) is 0 Å². The van der Waals surface area contributed by atoms with Gasteiger partial charge in [-0.2, -0.15) is 8.42 Å². The van der Waals surface area contributed by atoms with E-state index in [-0.39, 0.29) is 19.4 Å². The molecule has 1 aliphatic rings. The van der Waals surface area contributed by atoms with Gasteiger partial charge in [0.25, 0.3) is 10.1 Å². The number of rotatable bonds is 37. The third-order valence-corrected chi connectivity index (χ3v) is 10.9. The van der Waals surface area contributed by atoms with Crippen molar-refractivity contribution in [1.82, 2.24) is 0 Å². The SMILES string of the molecule is CCCCCCCC/C=C/C/C=C/CCCCC(=O)O[C@H](COC(=O)CCCCC/C=C/CCCCCCCCCC)CO[C@H]1O[C@H](CS(=O)(=O)O)[C@@H](O)C(O)C1O. The molecule has 0 amide bonds. The van der Waals surface area contributed by atoms with Crippen LogP contribution in [-0.4, -0.2) is 96.0 Å². The fourth-order valence-electron chi connectivity index (χ4n) is 6.64. The molecule has 0 radical (unpaired) electrons. The summed E-state index contributed by atoms with van der Waals surface area (Å²) in [6.45, 7) is 3.71. The first-order valence-corrected chi connectivity index (χ1v) is 24.2.